The molecule has 1 aromatic carbocycles. The van der Waals surface area contributed by atoms with Crippen molar-refractivity contribution in [3.8, 4) is 17.3 Å². The molecule has 0 radical (unpaired) electrons. The molecule has 0 fully saturated rings. The van der Waals surface area contributed by atoms with Gasteiger partial charge >= 0.3 is 0 Å². The van der Waals surface area contributed by atoms with Crippen molar-refractivity contribution in [3.05, 3.63) is 39.9 Å². The van der Waals surface area contributed by atoms with Gasteiger partial charge in [-0.3, -0.25) is 10.1 Å². The van der Waals surface area contributed by atoms with E-state index in [1.54, 1.807) is 18.4 Å². The Morgan fingerprint density at radius 2 is 2.10 bits per heavy atom. The molecule has 0 atom stereocenters. The standard InChI is InChI=1S/C12H9N5O2S/c1-20-12-15-10(8(6-13)11(14)16-12)7-4-2-3-5-9(7)17(18)19/h2-5H,1H3,(H2,14,15,16). The predicted molar refractivity (Wildman–Crippen MR) is 75.0 cm³/mol. The number of benzene rings is 1. The highest BCUT2D eigenvalue weighted by Crippen LogP contribution is 2.33. The van der Waals surface area contributed by atoms with E-state index in [2.05, 4.69) is 9.97 Å². The summed E-state index contributed by atoms with van der Waals surface area (Å²) in [6, 6.07) is 7.97. The van der Waals surface area contributed by atoms with Gasteiger partial charge in [0, 0.05) is 6.07 Å². The smallest absolute Gasteiger partial charge is 0.278 e. The summed E-state index contributed by atoms with van der Waals surface area (Å²) >= 11 is 1.24. The molecule has 0 aliphatic rings. The average molecular weight is 287 g/mol. The molecule has 7 nitrogen and oxygen atoms in total. The molecule has 0 amide bonds. The number of nitro benzene ring substituents is 1. The number of nitriles is 1. The van der Waals surface area contributed by atoms with E-state index in [1.165, 1.54) is 23.9 Å². The second kappa shape index (κ2) is 5.54. The fourth-order valence-electron chi connectivity index (χ4n) is 1.69. The van der Waals surface area contributed by atoms with Gasteiger partial charge in [-0.15, -0.1) is 0 Å². The van der Waals surface area contributed by atoms with E-state index in [0.29, 0.717) is 5.16 Å². The van der Waals surface area contributed by atoms with Crippen LogP contribution >= 0.6 is 11.8 Å². The molecule has 0 spiro atoms. The highest BCUT2D eigenvalue weighted by atomic mass is 32.2. The van der Waals surface area contributed by atoms with Gasteiger partial charge in [-0.2, -0.15) is 5.26 Å². The zero-order chi connectivity index (χ0) is 14.7. The topological polar surface area (TPSA) is 119 Å². The maximum absolute atomic E-state index is 11.1. The second-order valence-electron chi connectivity index (χ2n) is 3.71. The minimum absolute atomic E-state index is 0.0139. The lowest BCUT2D eigenvalue weighted by molar-refractivity contribution is -0.384. The number of hydrogen-bond donors (Lipinski definition) is 1. The fraction of sp³-hybridized carbons (Fsp3) is 0.0833. The van der Waals surface area contributed by atoms with Gasteiger partial charge in [-0.1, -0.05) is 23.9 Å². The van der Waals surface area contributed by atoms with E-state index in [4.69, 9.17) is 11.0 Å². The summed E-state index contributed by atoms with van der Waals surface area (Å²) in [6.07, 6.45) is 1.75. The first-order valence-corrected chi connectivity index (χ1v) is 6.66. The van der Waals surface area contributed by atoms with Crippen LogP contribution in [-0.4, -0.2) is 21.1 Å². The molecular formula is C12H9N5O2S. The molecule has 1 heterocycles. The molecule has 0 saturated heterocycles. The first-order valence-electron chi connectivity index (χ1n) is 5.44. The van der Waals surface area contributed by atoms with Gasteiger partial charge in [0.1, 0.15) is 23.1 Å². The first-order chi connectivity index (χ1) is 9.58. The van der Waals surface area contributed by atoms with E-state index >= 15 is 0 Å². The number of aromatic nitrogens is 2. The molecule has 2 aromatic rings. The van der Waals surface area contributed by atoms with Gasteiger partial charge in [-0.25, -0.2) is 9.97 Å². The van der Waals surface area contributed by atoms with Crippen molar-refractivity contribution in [1.29, 1.82) is 5.26 Å². The van der Waals surface area contributed by atoms with Crippen molar-refractivity contribution in [3.63, 3.8) is 0 Å². The maximum Gasteiger partial charge on any atom is 0.278 e. The summed E-state index contributed by atoms with van der Waals surface area (Å²) in [4.78, 5) is 18.7. The molecule has 0 saturated carbocycles. The molecule has 2 rings (SSSR count). The lowest BCUT2D eigenvalue weighted by Gasteiger charge is -2.07. The zero-order valence-electron chi connectivity index (χ0n) is 10.4. The summed E-state index contributed by atoms with van der Waals surface area (Å²) < 4.78 is 0. The Morgan fingerprint density at radius 3 is 2.70 bits per heavy atom. The lowest BCUT2D eigenvalue weighted by Crippen LogP contribution is -2.03. The van der Waals surface area contributed by atoms with Gasteiger partial charge in [0.2, 0.25) is 0 Å². The molecule has 100 valence electrons. The van der Waals surface area contributed by atoms with Crippen LogP contribution in [0.15, 0.2) is 29.4 Å². The summed E-state index contributed by atoms with van der Waals surface area (Å²) in [5.41, 5.74) is 6.05. The number of nitrogens with zero attached hydrogens (tertiary/aromatic N) is 4. The normalized spacial score (nSPS) is 10.0. The third kappa shape index (κ3) is 2.39. The van der Waals surface area contributed by atoms with Crippen molar-refractivity contribution >= 4 is 23.3 Å². The van der Waals surface area contributed by atoms with Crippen molar-refractivity contribution in [2.75, 3.05) is 12.0 Å². The molecule has 8 heteroatoms. The van der Waals surface area contributed by atoms with E-state index in [-0.39, 0.29) is 28.3 Å². The summed E-state index contributed by atoms with van der Waals surface area (Å²) in [6.45, 7) is 0. The number of para-hydroxylation sites is 1. The zero-order valence-corrected chi connectivity index (χ0v) is 11.2. The number of hydrogen-bond acceptors (Lipinski definition) is 7. The number of nitro groups is 1. The van der Waals surface area contributed by atoms with Gasteiger partial charge in [0.25, 0.3) is 5.69 Å². The highest BCUT2D eigenvalue weighted by Gasteiger charge is 2.21. The van der Waals surface area contributed by atoms with Crippen LogP contribution in [0.2, 0.25) is 0 Å². The number of anilines is 1. The Bertz CT molecular complexity index is 726. The Hall–Kier alpha value is -2.66. The maximum atomic E-state index is 11.1. The lowest BCUT2D eigenvalue weighted by atomic mass is 10.1. The molecule has 0 aliphatic carbocycles. The van der Waals surface area contributed by atoms with Gasteiger partial charge in [-0.05, 0) is 12.3 Å². The van der Waals surface area contributed by atoms with Crippen LogP contribution in [0, 0.1) is 21.4 Å². The van der Waals surface area contributed by atoms with Crippen molar-refractivity contribution < 1.29 is 4.92 Å². The Labute approximate surface area is 118 Å². The quantitative estimate of drug-likeness (QED) is 0.398. The van der Waals surface area contributed by atoms with Crippen molar-refractivity contribution in [2.45, 2.75) is 5.16 Å². The van der Waals surface area contributed by atoms with Crippen LogP contribution in [0.1, 0.15) is 5.56 Å². The van der Waals surface area contributed by atoms with Gasteiger partial charge in [0.05, 0.1) is 10.5 Å². The van der Waals surface area contributed by atoms with Crippen LogP contribution < -0.4 is 5.73 Å². The van der Waals surface area contributed by atoms with Crippen LogP contribution in [0.25, 0.3) is 11.3 Å². The molecule has 0 aliphatic heterocycles. The Kier molecular flexibility index (Phi) is 3.81. The van der Waals surface area contributed by atoms with Crippen LogP contribution in [0.5, 0.6) is 0 Å². The van der Waals surface area contributed by atoms with Gasteiger partial charge in [0.15, 0.2) is 5.16 Å². The highest BCUT2D eigenvalue weighted by molar-refractivity contribution is 7.98. The molecule has 2 N–H and O–H groups in total. The molecule has 0 bridgehead atoms. The summed E-state index contributed by atoms with van der Waals surface area (Å²) in [5.74, 6) is 0.0139. The summed E-state index contributed by atoms with van der Waals surface area (Å²) in [5, 5.41) is 20.6. The van der Waals surface area contributed by atoms with E-state index in [0.717, 1.165) is 0 Å². The largest absolute Gasteiger partial charge is 0.382 e. The molecule has 20 heavy (non-hydrogen) atoms. The monoisotopic (exact) mass is 287 g/mol. The first kappa shape index (κ1) is 13.8. The Balaban J connectivity index is 2.79. The number of thioether (sulfide) groups is 1. The van der Waals surface area contributed by atoms with E-state index in [1.807, 2.05) is 6.07 Å². The van der Waals surface area contributed by atoms with Crippen molar-refractivity contribution in [1.82, 2.24) is 9.97 Å². The predicted octanol–water partition coefficient (Wildman–Crippen LogP) is 2.23. The Morgan fingerprint density at radius 1 is 1.40 bits per heavy atom. The van der Waals surface area contributed by atoms with Gasteiger partial charge < -0.3 is 5.73 Å². The number of nitrogen functional groups attached to an aromatic ring is 1. The number of rotatable bonds is 3. The third-order valence-electron chi connectivity index (χ3n) is 2.57. The molecule has 1 aromatic heterocycles. The van der Waals surface area contributed by atoms with Crippen LogP contribution in [0.4, 0.5) is 11.5 Å². The number of nitrogens with two attached hydrogens (primary N) is 1. The fourth-order valence-corrected chi connectivity index (χ4v) is 2.06. The van der Waals surface area contributed by atoms with Crippen LogP contribution in [-0.2, 0) is 0 Å². The second-order valence-corrected chi connectivity index (χ2v) is 4.48. The minimum atomic E-state index is -0.520. The molecule has 0 unspecified atom stereocenters. The third-order valence-corrected chi connectivity index (χ3v) is 3.11. The SMILES string of the molecule is CSc1nc(N)c(C#N)c(-c2ccccc2[N+](=O)[O-])n1. The summed E-state index contributed by atoms with van der Waals surface area (Å²) in [7, 11) is 0. The van der Waals surface area contributed by atoms with Crippen molar-refractivity contribution in [2.24, 2.45) is 0 Å². The minimum Gasteiger partial charge on any atom is -0.382 e. The van der Waals surface area contributed by atoms with Crippen LogP contribution in [0.3, 0.4) is 0 Å². The average Bonchev–Trinajstić information content (AvgIpc) is 2.46. The molecular weight excluding hydrogens is 278 g/mol. The van der Waals surface area contributed by atoms with E-state index in [9.17, 15) is 10.1 Å². The van der Waals surface area contributed by atoms with E-state index < -0.39 is 4.92 Å².